The first-order valence-electron chi connectivity index (χ1n) is 9.03. The van der Waals surface area contributed by atoms with Crippen molar-refractivity contribution in [2.45, 2.75) is 45.6 Å². The molecule has 2 rings (SSSR count). The molecule has 1 aromatic carbocycles. The minimum Gasteiger partial charge on any atom is -0.480 e. The lowest BCUT2D eigenvalue weighted by molar-refractivity contribution is -0.140. The summed E-state index contributed by atoms with van der Waals surface area (Å²) >= 11 is 0. The van der Waals surface area contributed by atoms with E-state index in [0.717, 1.165) is 5.56 Å². The van der Waals surface area contributed by atoms with Crippen molar-refractivity contribution >= 4 is 17.9 Å². The summed E-state index contributed by atoms with van der Waals surface area (Å²) in [5, 5.41) is 14.6. The van der Waals surface area contributed by atoms with E-state index in [1.54, 1.807) is 0 Å². The fraction of sp³-hybridized carbons (Fsp3) is 0.526. The molecule has 0 radical (unpaired) electrons. The third-order valence-corrected chi connectivity index (χ3v) is 4.33. The van der Waals surface area contributed by atoms with E-state index < -0.39 is 18.0 Å². The number of hydrazine groups is 1. The Morgan fingerprint density at radius 3 is 2.38 bits per heavy atom. The molecule has 7 heteroatoms. The molecular formula is C19H27N3O4. The topological polar surface area (TPSA) is 90.0 Å². The lowest BCUT2D eigenvalue weighted by Gasteiger charge is -2.29. The van der Waals surface area contributed by atoms with Crippen molar-refractivity contribution in [2.24, 2.45) is 5.92 Å². The number of hydrogen-bond donors (Lipinski definition) is 2. The van der Waals surface area contributed by atoms with E-state index in [1.165, 1.54) is 10.0 Å². The van der Waals surface area contributed by atoms with E-state index in [4.69, 9.17) is 0 Å². The first-order chi connectivity index (χ1) is 12.4. The SMILES string of the molecule is CC(C)C[C@H](NC(=O)N1CCCN1C(=O)CCc1ccccc1)C(=O)O. The van der Waals surface area contributed by atoms with Gasteiger partial charge in [0.05, 0.1) is 0 Å². The fourth-order valence-electron chi connectivity index (χ4n) is 3.02. The molecule has 0 aromatic heterocycles. The van der Waals surface area contributed by atoms with E-state index in [2.05, 4.69) is 5.32 Å². The minimum absolute atomic E-state index is 0.128. The molecular weight excluding hydrogens is 334 g/mol. The van der Waals surface area contributed by atoms with Gasteiger partial charge in [-0.25, -0.2) is 14.6 Å². The van der Waals surface area contributed by atoms with Crippen LogP contribution in [0.1, 0.15) is 38.7 Å². The second-order valence-corrected chi connectivity index (χ2v) is 6.95. The predicted molar refractivity (Wildman–Crippen MR) is 97.2 cm³/mol. The maximum Gasteiger partial charge on any atom is 0.337 e. The summed E-state index contributed by atoms with van der Waals surface area (Å²) in [5.74, 6) is -1.05. The molecule has 1 aliphatic rings. The average Bonchev–Trinajstić information content (AvgIpc) is 3.09. The number of carboxylic acids is 1. The number of nitrogens with zero attached hydrogens (tertiary/aromatic N) is 2. The van der Waals surface area contributed by atoms with Crippen LogP contribution >= 0.6 is 0 Å². The van der Waals surface area contributed by atoms with Crippen LogP contribution in [0.5, 0.6) is 0 Å². The van der Waals surface area contributed by atoms with Gasteiger partial charge < -0.3 is 10.4 Å². The van der Waals surface area contributed by atoms with E-state index in [0.29, 0.717) is 38.8 Å². The molecule has 2 N–H and O–H groups in total. The van der Waals surface area contributed by atoms with Crippen LogP contribution in [0.4, 0.5) is 4.79 Å². The molecule has 0 saturated carbocycles. The predicted octanol–water partition coefficient (Wildman–Crippen LogP) is 2.28. The molecule has 1 aromatic rings. The first-order valence-corrected chi connectivity index (χ1v) is 9.03. The van der Waals surface area contributed by atoms with Crippen molar-refractivity contribution in [3.63, 3.8) is 0 Å². The molecule has 0 unspecified atom stereocenters. The summed E-state index contributed by atoms with van der Waals surface area (Å²) in [6.45, 7) is 4.69. The van der Waals surface area contributed by atoms with Gasteiger partial charge in [-0.2, -0.15) is 0 Å². The van der Waals surface area contributed by atoms with Crippen molar-refractivity contribution in [3.05, 3.63) is 35.9 Å². The Bertz CT molecular complexity index is 633. The quantitative estimate of drug-likeness (QED) is 0.780. The van der Waals surface area contributed by atoms with Gasteiger partial charge >= 0.3 is 12.0 Å². The number of amides is 3. The first kappa shape index (κ1) is 19.8. The summed E-state index contributed by atoms with van der Waals surface area (Å²) in [7, 11) is 0. The Morgan fingerprint density at radius 2 is 1.77 bits per heavy atom. The number of carboxylic acid groups (broad SMARTS) is 1. The van der Waals surface area contributed by atoms with Gasteiger partial charge in [0.15, 0.2) is 0 Å². The maximum atomic E-state index is 12.5. The summed E-state index contributed by atoms with van der Waals surface area (Å²) in [6, 6.07) is 8.23. The lowest BCUT2D eigenvalue weighted by Crippen LogP contribution is -2.53. The Kier molecular flexibility index (Phi) is 7.00. The van der Waals surface area contributed by atoms with Crippen molar-refractivity contribution in [1.82, 2.24) is 15.3 Å². The highest BCUT2D eigenvalue weighted by Crippen LogP contribution is 2.15. The standard InChI is InChI=1S/C19H27N3O4/c1-14(2)13-16(18(24)25)20-19(26)22-12-6-11-21(22)17(23)10-9-15-7-4-3-5-8-15/h3-5,7-8,14,16H,6,9-13H2,1-2H3,(H,20,26)(H,24,25)/t16-/m0/s1. The van der Waals surface area contributed by atoms with E-state index in [9.17, 15) is 19.5 Å². The lowest BCUT2D eigenvalue weighted by atomic mass is 10.0. The van der Waals surface area contributed by atoms with Gasteiger partial charge in [0, 0.05) is 19.5 Å². The zero-order chi connectivity index (χ0) is 19.1. The third kappa shape index (κ3) is 5.47. The highest BCUT2D eigenvalue weighted by Gasteiger charge is 2.32. The van der Waals surface area contributed by atoms with Crippen LogP contribution in [0.25, 0.3) is 0 Å². The van der Waals surface area contributed by atoms with Crippen LogP contribution in [-0.2, 0) is 16.0 Å². The van der Waals surface area contributed by atoms with Crippen LogP contribution in [0.3, 0.4) is 0 Å². The van der Waals surface area contributed by atoms with Crippen LogP contribution in [0, 0.1) is 5.92 Å². The van der Waals surface area contributed by atoms with Crippen molar-refractivity contribution in [1.29, 1.82) is 0 Å². The smallest absolute Gasteiger partial charge is 0.337 e. The Morgan fingerprint density at radius 1 is 1.12 bits per heavy atom. The molecule has 0 aliphatic carbocycles. The summed E-state index contributed by atoms with van der Waals surface area (Å²) < 4.78 is 0. The third-order valence-electron chi connectivity index (χ3n) is 4.33. The van der Waals surface area contributed by atoms with Crippen LogP contribution in [0.2, 0.25) is 0 Å². The number of aryl methyl sites for hydroxylation is 1. The van der Waals surface area contributed by atoms with Gasteiger partial charge in [-0.3, -0.25) is 9.80 Å². The van der Waals surface area contributed by atoms with Gasteiger partial charge in [0.25, 0.3) is 0 Å². The van der Waals surface area contributed by atoms with E-state index >= 15 is 0 Å². The Balaban J connectivity index is 1.94. The normalized spacial score (nSPS) is 15.2. The zero-order valence-corrected chi connectivity index (χ0v) is 15.4. The average molecular weight is 361 g/mol. The molecule has 0 bridgehead atoms. The van der Waals surface area contributed by atoms with Gasteiger partial charge in [0.1, 0.15) is 6.04 Å². The maximum absolute atomic E-state index is 12.5. The molecule has 3 amide bonds. The summed E-state index contributed by atoms with van der Waals surface area (Å²) in [4.78, 5) is 36.4. The highest BCUT2D eigenvalue weighted by molar-refractivity contribution is 5.85. The van der Waals surface area contributed by atoms with Crippen molar-refractivity contribution in [3.8, 4) is 0 Å². The second-order valence-electron chi connectivity index (χ2n) is 6.95. The number of urea groups is 1. The van der Waals surface area contributed by atoms with Crippen molar-refractivity contribution in [2.75, 3.05) is 13.1 Å². The van der Waals surface area contributed by atoms with Crippen LogP contribution in [0.15, 0.2) is 30.3 Å². The van der Waals surface area contributed by atoms with Gasteiger partial charge in [-0.05, 0) is 30.7 Å². The van der Waals surface area contributed by atoms with Gasteiger partial charge in [-0.15, -0.1) is 0 Å². The molecule has 1 fully saturated rings. The molecule has 7 nitrogen and oxygen atoms in total. The molecule has 1 atom stereocenters. The highest BCUT2D eigenvalue weighted by atomic mass is 16.4. The number of carbonyl (C=O) groups excluding carboxylic acids is 2. The largest absolute Gasteiger partial charge is 0.480 e. The fourth-order valence-corrected chi connectivity index (χ4v) is 3.02. The molecule has 142 valence electrons. The van der Waals surface area contributed by atoms with Crippen LogP contribution < -0.4 is 5.32 Å². The number of aliphatic carboxylic acids is 1. The number of carbonyl (C=O) groups is 3. The summed E-state index contributed by atoms with van der Waals surface area (Å²) in [5.41, 5.74) is 1.07. The Labute approximate surface area is 153 Å². The zero-order valence-electron chi connectivity index (χ0n) is 15.4. The molecule has 1 aliphatic heterocycles. The van der Waals surface area contributed by atoms with Gasteiger partial charge in [-0.1, -0.05) is 44.2 Å². The molecule has 1 saturated heterocycles. The second kappa shape index (κ2) is 9.22. The van der Waals surface area contributed by atoms with E-state index in [1.807, 2.05) is 44.2 Å². The monoisotopic (exact) mass is 361 g/mol. The van der Waals surface area contributed by atoms with E-state index in [-0.39, 0.29) is 11.8 Å². The Hall–Kier alpha value is -2.57. The number of hydrogen-bond acceptors (Lipinski definition) is 3. The van der Waals surface area contributed by atoms with Crippen molar-refractivity contribution < 1.29 is 19.5 Å². The van der Waals surface area contributed by atoms with Gasteiger partial charge in [0.2, 0.25) is 5.91 Å². The molecule has 26 heavy (non-hydrogen) atoms. The number of benzene rings is 1. The molecule has 0 spiro atoms. The van der Waals surface area contributed by atoms with Crippen LogP contribution in [-0.4, -0.2) is 52.2 Å². The summed E-state index contributed by atoms with van der Waals surface area (Å²) in [6.07, 6.45) is 1.95. The number of nitrogens with one attached hydrogen (secondary N) is 1. The molecule has 1 heterocycles. The number of rotatable bonds is 7. The minimum atomic E-state index is -1.06.